The molecule has 0 spiro atoms. The second-order valence-electron chi connectivity index (χ2n) is 4.32. The van der Waals surface area contributed by atoms with Gasteiger partial charge in [0.15, 0.2) is 0 Å². The maximum absolute atomic E-state index is 11.8. The Morgan fingerprint density at radius 2 is 2.00 bits per heavy atom. The molecule has 0 aliphatic rings. The van der Waals surface area contributed by atoms with Crippen molar-refractivity contribution in [3.05, 3.63) is 53.7 Å². The largest absolute Gasteiger partial charge is 0.497 e. The molecule has 0 saturated carbocycles. The minimum absolute atomic E-state index is 0.339. The Bertz CT molecular complexity index is 597. The molecule has 0 unspecified atom stereocenters. The molecule has 0 aliphatic heterocycles. The van der Waals surface area contributed by atoms with Crippen molar-refractivity contribution in [3.8, 4) is 5.75 Å². The number of hydrogen-bond acceptors (Lipinski definition) is 5. The molecule has 1 N–H and O–H groups in total. The van der Waals surface area contributed by atoms with Crippen LogP contribution in [0, 0.1) is 0 Å². The first-order valence-corrected chi connectivity index (χ1v) is 6.73. The zero-order valence-corrected chi connectivity index (χ0v) is 12.1. The van der Waals surface area contributed by atoms with Gasteiger partial charge in [-0.15, -0.1) is 0 Å². The number of rotatable bonds is 6. The summed E-state index contributed by atoms with van der Waals surface area (Å²) >= 11 is 0. The number of ether oxygens (including phenoxy) is 2. The normalized spacial score (nSPS) is 10.0. The summed E-state index contributed by atoms with van der Waals surface area (Å²) in [5.41, 5.74) is 1.50. The van der Waals surface area contributed by atoms with Crippen LogP contribution in [0.15, 0.2) is 42.6 Å². The molecular weight excluding hydrogens is 268 g/mol. The van der Waals surface area contributed by atoms with E-state index in [1.165, 1.54) is 0 Å². The maximum Gasteiger partial charge on any atom is 0.341 e. The number of methoxy groups -OCH3 is 1. The Hall–Kier alpha value is -2.56. The average Bonchev–Trinajstić information content (AvgIpc) is 2.54. The number of anilines is 1. The Balaban J connectivity index is 2.07. The van der Waals surface area contributed by atoms with E-state index in [9.17, 15) is 4.79 Å². The second kappa shape index (κ2) is 7.28. The van der Waals surface area contributed by atoms with Crippen LogP contribution in [0.25, 0.3) is 0 Å². The number of aromatic nitrogens is 1. The molecule has 0 fully saturated rings. The van der Waals surface area contributed by atoms with Gasteiger partial charge in [-0.2, -0.15) is 0 Å². The monoisotopic (exact) mass is 286 g/mol. The number of esters is 1. The number of carbonyl (C=O) groups excluding carboxylic acids is 1. The van der Waals surface area contributed by atoms with E-state index >= 15 is 0 Å². The first kappa shape index (κ1) is 14.8. The van der Waals surface area contributed by atoms with Gasteiger partial charge in [0.25, 0.3) is 0 Å². The lowest BCUT2D eigenvalue weighted by atomic mass is 10.2. The molecule has 0 aliphatic carbocycles. The molecule has 110 valence electrons. The van der Waals surface area contributed by atoms with Crippen molar-refractivity contribution in [1.29, 1.82) is 0 Å². The highest BCUT2D eigenvalue weighted by atomic mass is 16.5. The molecule has 2 rings (SSSR count). The summed E-state index contributed by atoms with van der Waals surface area (Å²) in [5.74, 6) is 0.957. The predicted octanol–water partition coefficient (Wildman–Crippen LogP) is 2.88. The third kappa shape index (κ3) is 3.95. The number of benzene rings is 1. The van der Waals surface area contributed by atoms with Gasteiger partial charge >= 0.3 is 5.97 Å². The summed E-state index contributed by atoms with van der Waals surface area (Å²) in [4.78, 5) is 16.0. The lowest BCUT2D eigenvalue weighted by molar-refractivity contribution is 0.0527. The van der Waals surface area contributed by atoms with Gasteiger partial charge in [-0.05, 0) is 36.8 Å². The quantitative estimate of drug-likeness (QED) is 0.827. The molecule has 1 heterocycles. The smallest absolute Gasteiger partial charge is 0.341 e. The van der Waals surface area contributed by atoms with E-state index in [0.717, 1.165) is 11.3 Å². The van der Waals surface area contributed by atoms with Crippen LogP contribution >= 0.6 is 0 Å². The standard InChI is InChI=1S/C16H18N2O3/c1-3-21-16(19)14-5-4-10-17-15(14)18-11-12-6-8-13(20-2)9-7-12/h4-10H,3,11H2,1-2H3,(H,17,18). The van der Waals surface area contributed by atoms with Gasteiger partial charge in [0.05, 0.1) is 13.7 Å². The first-order chi connectivity index (χ1) is 10.2. The van der Waals surface area contributed by atoms with Crippen LogP contribution < -0.4 is 10.1 Å². The summed E-state index contributed by atoms with van der Waals surface area (Å²) in [6.07, 6.45) is 1.64. The molecule has 21 heavy (non-hydrogen) atoms. The molecule has 5 heteroatoms. The molecule has 2 aromatic rings. The van der Waals surface area contributed by atoms with Crippen molar-refractivity contribution in [2.45, 2.75) is 13.5 Å². The zero-order valence-electron chi connectivity index (χ0n) is 12.1. The molecule has 0 bridgehead atoms. The summed E-state index contributed by atoms with van der Waals surface area (Å²) in [6.45, 7) is 2.68. The van der Waals surface area contributed by atoms with Gasteiger partial charge in [0.1, 0.15) is 17.1 Å². The second-order valence-corrected chi connectivity index (χ2v) is 4.32. The molecule has 1 aromatic carbocycles. The van der Waals surface area contributed by atoms with Gasteiger partial charge in [-0.3, -0.25) is 0 Å². The summed E-state index contributed by atoms with van der Waals surface area (Å²) < 4.78 is 10.1. The van der Waals surface area contributed by atoms with Gasteiger partial charge in [0, 0.05) is 12.7 Å². The van der Waals surface area contributed by atoms with E-state index in [0.29, 0.717) is 24.5 Å². The highest BCUT2D eigenvalue weighted by Gasteiger charge is 2.12. The van der Waals surface area contributed by atoms with Crippen LogP contribution in [0.3, 0.4) is 0 Å². The highest BCUT2D eigenvalue weighted by Crippen LogP contribution is 2.16. The molecular formula is C16H18N2O3. The van der Waals surface area contributed by atoms with E-state index < -0.39 is 0 Å². The molecule has 0 radical (unpaired) electrons. The van der Waals surface area contributed by atoms with E-state index in [2.05, 4.69) is 10.3 Å². The lowest BCUT2D eigenvalue weighted by Crippen LogP contribution is -2.11. The fraction of sp³-hybridized carbons (Fsp3) is 0.250. The first-order valence-electron chi connectivity index (χ1n) is 6.73. The van der Waals surface area contributed by atoms with Crippen LogP contribution in [-0.4, -0.2) is 24.7 Å². The molecule has 0 atom stereocenters. The lowest BCUT2D eigenvalue weighted by Gasteiger charge is -2.10. The zero-order chi connectivity index (χ0) is 15.1. The van der Waals surface area contributed by atoms with Crippen molar-refractivity contribution in [2.24, 2.45) is 0 Å². The summed E-state index contributed by atoms with van der Waals surface area (Å²) in [7, 11) is 1.63. The number of hydrogen-bond donors (Lipinski definition) is 1. The molecule has 5 nitrogen and oxygen atoms in total. The minimum Gasteiger partial charge on any atom is -0.497 e. The van der Waals surface area contributed by atoms with E-state index in [1.807, 2.05) is 24.3 Å². The minimum atomic E-state index is -0.372. The SMILES string of the molecule is CCOC(=O)c1cccnc1NCc1ccc(OC)cc1. The van der Waals surface area contributed by atoms with Crippen molar-refractivity contribution in [1.82, 2.24) is 4.98 Å². The van der Waals surface area contributed by atoms with Crippen molar-refractivity contribution >= 4 is 11.8 Å². The molecule has 0 amide bonds. The summed E-state index contributed by atoms with van der Waals surface area (Å²) in [5, 5.41) is 3.15. The van der Waals surface area contributed by atoms with Crippen molar-refractivity contribution in [3.63, 3.8) is 0 Å². The molecule has 0 saturated heterocycles. The highest BCUT2D eigenvalue weighted by molar-refractivity contribution is 5.94. The van der Waals surface area contributed by atoms with Crippen LogP contribution in [0.4, 0.5) is 5.82 Å². The van der Waals surface area contributed by atoms with E-state index in [4.69, 9.17) is 9.47 Å². The Morgan fingerprint density at radius 1 is 1.24 bits per heavy atom. The van der Waals surface area contributed by atoms with E-state index in [-0.39, 0.29) is 5.97 Å². The number of nitrogens with one attached hydrogen (secondary N) is 1. The van der Waals surface area contributed by atoms with Crippen LogP contribution in [0.2, 0.25) is 0 Å². The third-order valence-electron chi connectivity index (χ3n) is 2.92. The Morgan fingerprint density at radius 3 is 2.67 bits per heavy atom. The van der Waals surface area contributed by atoms with Crippen LogP contribution in [0.5, 0.6) is 5.75 Å². The van der Waals surface area contributed by atoms with Gasteiger partial charge < -0.3 is 14.8 Å². The topological polar surface area (TPSA) is 60.5 Å². The predicted molar refractivity (Wildman–Crippen MR) is 80.5 cm³/mol. The number of pyridine rings is 1. The van der Waals surface area contributed by atoms with Gasteiger partial charge in [0.2, 0.25) is 0 Å². The van der Waals surface area contributed by atoms with Crippen molar-refractivity contribution in [2.75, 3.05) is 19.0 Å². The van der Waals surface area contributed by atoms with Crippen molar-refractivity contribution < 1.29 is 14.3 Å². The van der Waals surface area contributed by atoms with Gasteiger partial charge in [-0.25, -0.2) is 9.78 Å². The third-order valence-corrected chi connectivity index (χ3v) is 2.92. The van der Waals surface area contributed by atoms with Crippen LogP contribution in [0.1, 0.15) is 22.8 Å². The Labute approximate surface area is 123 Å². The molecule has 1 aromatic heterocycles. The average molecular weight is 286 g/mol. The van der Waals surface area contributed by atoms with Gasteiger partial charge in [-0.1, -0.05) is 12.1 Å². The number of nitrogens with zero attached hydrogens (tertiary/aromatic N) is 1. The van der Waals surface area contributed by atoms with E-state index in [1.54, 1.807) is 32.4 Å². The number of carbonyl (C=O) groups is 1. The fourth-order valence-corrected chi connectivity index (χ4v) is 1.85. The summed E-state index contributed by atoms with van der Waals surface area (Å²) in [6, 6.07) is 11.1. The fourth-order valence-electron chi connectivity index (χ4n) is 1.85. The maximum atomic E-state index is 11.8. The Kier molecular flexibility index (Phi) is 5.15. The van der Waals surface area contributed by atoms with Crippen LogP contribution in [-0.2, 0) is 11.3 Å².